The minimum atomic E-state index is -3.74. The number of halogens is 1. The molecule has 4 rings (SSSR count). The van der Waals surface area contributed by atoms with Crippen molar-refractivity contribution >= 4 is 44.0 Å². The molecule has 2 fully saturated rings. The van der Waals surface area contributed by atoms with Crippen LogP contribution >= 0.6 is 22.9 Å². The molecule has 1 aromatic carbocycles. The first-order valence-electron chi connectivity index (χ1n) is 8.34. The van der Waals surface area contributed by atoms with Gasteiger partial charge in [-0.3, -0.25) is 10.1 Å². The number of aromatic nitrogens is 2. The SMILES string of the molecule is O=C(Nc1nnc(S(=O)(=O)N[C@@H]2C[C@@H]3CC[C@@H]2C3)s1)c1ccccc1Cl. The molecule has 0 radical (unpaired) electrons. The number of sulfonamides is 1. The third-order valence-corrected chi connectivity index (χ3v) is 8.05. The number of carbonyl (C=O) groups excluding carboxylic acids is 1. The van der Waals surface area contributed by atoms with Crippen LogP contribution in [0.1, 0.15) is 36.0 Å². The molecule has 0 saturated heterocycles. The number of nitrogens with one attached hydrogen (secondary N) is 2. The van der Waals surface area contributed by atoms with Crippen molar-refractivity contribution in [2.45, 2.75) is 36.1 Å². The fourth-order valence-corrected chi connectivity index (χ4v) is 6.27. The number of benzene rings is 1. The molecule has 0 unspecified atom stereocenters. The van der Waals surface area contributed by atoms with Crippen molar-refractivity contribution in [3.8, 4) is 0 Å². The normalized spacial score (nSPS) is 24.7. The van der Waals surface area contributed by atoms with Crippen LogP contribution in [-0.2, 0) is 10.0 Å². The Bertz CT molecular complexity index is 946. The number of amides is 1. The summed E-state index contributed by atoms with van der Waals surface area (Å²) in [4.78, 5) is 12.2. The first kappa shape index (κ1) is 17.8. The summed E-state index contributed by atoms with van der Waals surface area (Å²) in [6.45, 7) is 0. The Morgan fingerprint density at radius 2 is 2.00 bits per heavy atom. The first-order valence-corrected chi connectivity index (χ1v) is 11.0. The first-order chi connectivity index (χ1) is 12.4. The van der Waals surface area contributed by atoms with E-state index in [0.29, 0.717) is 16.9 Å². The van der Waals surface area contributed by atoms with Crippen LogP contribution in [0.3, 0.4) is 0 Å². The highest BCUT2D eigenvalue weighted by molar-refractivity contribution is 7.91. The average molecular weight is 413 g/mol. The second-order valence-electron chi connectivity index (χ2n) is 6.71. The molecule has 0 spiro atoms. The summed E-state index contributed by atoms with van der Waals surface area (Å²) >= 11 is 6.81. The largest absolute Gasteiger partial charge is 0.296 e. The molecule has 1 heterocycles. The van der Waals surface area contributed by atoms with Gasteiger partial charge >= 0.3 is 0 Å². The highest BCUT2D eigenvalue weighted by Gasteiger charge is 2.41. The van der Waals surface area contributed by atoms with Gasteiger partial charge in [0.05, 0.1) is 10.6 Å². The second-order valence-corrected chi connectivity index (χ2v) is 9.98. The summed E-state index contributed by atoms with van der Waals surface area (Å²) in [7, 11) is -3.74. The number of nitrogens with zero attached hydrogens (tertiary/aromatic N) is 2. The van der Waals surface area contributed by atoms with Crippen LogP contribution in [-0.4, -0.2) is 30.6 Å². The molecule has 10 heteroatoms. The molecule has 0 aliphatic heterocycles. The number of anilines is 1. The predicted molar refractivity (Wildman–Crippen MR) is 98.9 cm³/mol. The van der Waals surface area contributed by atoms with E-state index in [4.69, 9.17) is 11.6 Å². The van der Waals surface area contributed by atoms with Crippen LogP contribution < -0.4 is 10.0 Å². The van der Waals surface area contributed by atoms with Crippen molar-refractivity contribution in [1.82, 2.24) is 14.9 Å². The quantitative estimate of drug-likeness (QED) is 0.735. The number of hydrogen-bond acceptors (Lipinski definition) is 6. The molecule has 2 aromatic rings. The Labute approximate surface area is 160 Å². The molecule has 2 saturated carbocycles. The average Bonchev–Trinajstić information content (AvgIpc) is 3.31. The van der Waals surface area contributed by atoms with E-state index in [2.05, 4.69) is 20.2 Å². The second kappa shape index (κ2) is 6.88. The van der Waals surface area contributed by atoms with Gasteiger partial charge in [0.1, 0.15) is 0 Å². The lowest BCUT2D eigenvalue weighted by Gasteiger charge is -2.21. The lowest BCUT2D eigenvalue weighted by atomic mass is 9.96. The minimum Gasteiger partial charge on any atom is -0.296 e. The van der Waals surface area contributed by atoms with E-state index in [0.717, 1.165) is 30.6 Å². The third-order valence-electron chi connectivity index (χ3n) is 5.02. The van der Waals surface area contributed by atoms with Crippen LogP contribution in [0.2, 0.25) is 5.02 Å². The van der Waals surface area contributed by atoms with Gasteiger partial charge in [0.15, 0.2) is 0 Å². The van der Waals surface area contributed by atoms with Crippen LogP contribution in [0, 0.1) is 11.8 Å². The van der Waals surface area contributed by atoms with Gasteiger partial charge in [0.25, 0.3) is 15.9 Å². The highest BCUT2D eigenvalue weighted by atomic mass is 35.5. The van der Waals surface area contributed by atoms with Crippen LogP contribution in [0.4, 0.5) is 5.13 Å². The standard InChI is InChI=1S/C16H17ClN4O3S2/c17-12-4-2-1-3-11(12)14(22)18-15-19-20-16(25-15)26(23,24)21-13-8-9-5-6-10(13)7-9/h1-4,9-10,13,21H,5-8H2,(H,18,19,22)/t9-,10-,13-/m1/s1. The van der Waals surface area contributed by atoms with E-state index in [9.17, 15) is 13.2 Å². The Morgan fingerprint density at radius 1 is 1.19 bits per heavy atom. The zero-order chi connectivity index (χ0) is 18.3. The Balaban J connectivity index is 1.45. The predicted octanol–water partition coefficient (Wildman–Crippen LogP) is 2.91. The van der Waals surface area contributed by atoms with Gasteiger partial charge in [-0.2, -0.15) is 0 Å². The molecular weight excluding hydrogens is 396 g/mol. The molecule has 26 heavy (non-hydrogen) atoms. The van der Waals surface area contributed by atoms with Crippen molar-refractivity contribution in [1.29, 1.82) is 0 Å². The summed E-state index contributed by atoms with van der Waals surface area (Å²) in [5.41, 5.74) is 0.286. The summed E-state index contributed by atoms with van der Waals surface area (Å²) in [6, 6.07) is 6.56. The van der Waals surface area contributed by atoms with Gasteiger partial charge in [-0.1, -0.05) is 41.5 Å². The molecule has 2 N–H and O–H groups in total. The van der Waals surface area contributed by atoms with E-state index in [1.54, 1.807) is 24.3 Å². The zero-order valence-electron chi connectivity index (χ0n) is 13.7. The maximum absolute atomic E-state index is 12.6. The van der Waals surface area contributed by atoms with Crippen LogP contribution in [0.25, 0.3) is 0 Å². The van der Waals surface area contributed by atoms with Gasteiger partial charge in [-0.15, -0.1) is 10.2 Å². The summed E-state index contributed by atoms with van der Waals surface area (Å²) in [5.74, 6) is 0.589. The van der Waals surface area contributed by atoms with Crippen molar-refractivity contribution < 1.29 is 13.2 Å². The van der Waals surface area contributed by atoms with Crippen molar-refractivity contribution in [3.63, 3.8) is 0 Å². The number of rotatable bonds is 5. The molecule has 2 aliphatic carbocycles. The fourth-order valence-electron chi connectivity index (χ4n) is 3.82. The highest BCUT2D eigenvalue weighted by Crippen LogP contribution is 2.44. The van der Waals surface area contributed by atoms with Gasteiger partial charge < -0.3 is 0 Å². The number of hydrogen-bond donors (Lipinski definition) is 2. The molecule has 2 aliphatic rings. The zero-order valence-corrected chi connectivity index (χ0v) is 16.1. The summed E-state index contributed by atoms with van der Waals surface area (Å²) < 4.78 is 27.7. The van der Waals surface area contributed by atoms with Crippen LogP contribution in [0.15, 0.2) is 28.6 Å². The summed E-state index contributed by atoms with van der Waals surface area (Å²) in [6.07, 6.45) is 4.26. The number of carbonyl (C=O) groups is 1. The van der Waals surface area contributed by atoms with Gasteiger partial charge in [0, 0.05) is 6.04 Å². The number of fused-ring (bicyclic) bond motifs is 2. The lowest BCUT2D eigenvalue weighted by Crippen LogP contribution is -2.38. The smallest absolute Gasteiger partial charge is 0.270 e. The molecule has 7 nitrogen and oxygen atoms in total. The lowest BCUT2D eigenvalue weighted by molar-refractivity contribution is 0.102. The van der Waals surface area contributed by atoms with Gasteiger partial charge in [-0.25, -0.2) is 13.1 Å². The van der Waals surface area contributed by atoms with Crippen LogP contribution in [0.5, 0.6) is 0 Å². The van der Waals surface area contributed by atoms with Crippen molar-refractivity contribution in [3.05, 3.63) is 34.9 Å². The van der Waals surface area contributed by atoms with Gasteiger partial charge in [0.2, 0.25) is 9.47 Å². The maximum Gasteiger partial charge on any atom is 0.270 e. The molecule has 2 bridgehead atoms. The Kier molecular flexibility index (Phi) is 4.72. The minimum absolute atomic E-state index is 0.0242. The molecule has 3 atom stereocenters. The molecular formula is C16H17ClN4O3S2. The van der Waals surface area contributed by atoms with E-state index in [-0.39, 0.29) is 21.1 Å². The third kappa shape index (κ3) is 3.48. The molecule has 1 aromatic heterocycles. The Morgan fingerprint density at radius 3 is 2.69 bits per heavy atom. The van der Waals surface area contributed by atoms with E-state index >= 15 is 0 Å². The van der Waals surface area contributed by atoms with Crippen molar-refractivity contribution in [2.24, 2.45) is 11.8 Å². The topological polar surface area (TPSA) is 101 Å². The molecule has 1 amide bonds. The van der Waals surface area contributed by atoms with Crippen molar-refractivity contribution in [2.75, 3.05) is 5.32 Å². The van der Waals surface area contributed by atoms with Gasteiger partial charge in [-0.05, 0) is 43.2 Å². The van der Waals surface area contributed by atoms with E-state index < -0.39 is 15.9 Å². The monoisotopic (exact) mass is 412 g/mol. The van der Waals surface area contributed by atoms with E-state index in [1.165, 1.54) is 6.42 Å². The van der Waals surface area contributed by atoms with E-state index in [1.807, 2.05) is 0 Å². The fraction of sp³-hybridized carbons (Fsp3) is 0.438. The molecule has 138 valence electrons. The maximum atomic E-state index is 12.6. The Hall–Kier alpha value is -1.55. The summed E-state index contributed by atoms with van der Waals surface area (Å²) in [5, 5.41) is 10.5.